The van der Waals surface area contributed by atoms with Crippen molar-refractivity contribution in [3.8, 4) is 0 Å². The molecule has 0 radical (unpaired) electrons. The van der Waals surface area contributed by atoms with Crippen LogP contribution in [0, 0.1) is 0 Å². The third kappa shape index (κ3) is 2.34. The van der Waals surface area contributed by atoms with Crippen LogP contribution in [0.5, 0.6) is 0 Å². The summed E-state index contributed by atoms with van der Waals surface area (Å²) in [7, 11) is 0. The van der Waals surface area contributed by atoms with Gasteiger partial charge in [0.05, 0.1) is 11.4 Å². The Morgan fingerprint density at radius 2 is 2.25 bits per heavy atom. The van der Waals surface area contributed by atoms with Gasteiger partial charge < -0.3 is 10.6 Å². The van der Waals surface area contributed by atoms with Crippen LogP contribution in [0.4, 0.5) is 11.4 Å². The van der Waals surface area contributed by atoms with Crippen LogP contribution in [0.15, 0.2) is 22.7 Å². The van der Waals surface area contributed by atoms with Crippen LogP contribution in [-0.2, 0) is 0 Å². The average Bonchev–Trinajstić information content (AvgIpc) is 2.29. The molecule has 2 nitrogen and oxygen atoms in total. The summed E-state index contributed by atoms with van der Waals surface area (Å²) in [5.41, 5.74) is 8.18. The standard InChI is InChI=1S/C13H19BrN2/c1-2-11-5-3-4-8-16(11)13-7-6-10(14)9-12(13)15/h6-7,9,11H,2-5,8,15H2,1H3/t11-/m1/s1. The Kier molecular flexibility index (Phi) is 3.74. The first kappa shape index (κ1) is 11.8. The molecule has 1 atom stereocenters. The quantitative estimate of drug-likeness (QED) is 0.836. The molecule has 1 aliphatic heterocycles. The van der Waals surface area contributed by atoms with Crippen molar-refractivity contribution in [2.45, 2.75) is 38.6 Å². The molecule has 2 N–H and O–H groups in total. The minimum absolute atomic E-state index is 0.664. The number of halogens is 1. The van der Waals surface area contributed by atoms with Crippen LogP contribution in [0.1, 0.15) is 32.6 Å². The lowest BCUT2D eigenvalue weighted by atomic mass is 9.99. The van der Waals surface area contributed by atoms with Crippen molar-refractivity contribution in [3.05, 3.63) is 22.7 Å². The van der Waals surface area contributed by atoms with E-state index >= 15 is 0 Å². The minimum Gasteiger partial charge on any atom is -0.397 e. The fraction of sp³-hybridized carbons (Fsp3) is 0.538. The first-order chi connectivity index (χ1) is 7.72. The van der Waals surface area contributed by atoms with Crippen molar-refractivity contribution in [1.29, 1.82) is 0 Å². The first-order valence-electron chi connectivity index (χ1n) is 6.04. The number of anilines is 2. The van der Waals surface area contributed by atoms with Crippen molar-refractivity contribution in [2.75, 3.05) is 17.2 Å². The van der Waals surface area contributed by atoms with Gasteiger partial charge in [-0.25, -0.2) is 0 Å². The first-order valence-corrected chi connectivity index (χ1v) is 6.83. The van der Waals surface area contributed by atoms with Gasteiger partial charge in [0.1, 0.15) is 0 Å². The summed E-state index contributed by atoms with van der Waals surface area (Å²) in [5.74, 6) is 0. The number of rotatable bonds is 2. The van der Waals surface area contributed by atoms with Gasteiger partial charge in [0, 0.05) is 17.1 Å². The summed E-state index contributed by atoms with van der Waals surface area (Å²) in [4.78, 5) is 2.48. The summed E-state index contributed by atoms with van der Waals surface area (Å²) < 4.78 is 1.05. The Bertz CT molecular complexity index is 365. The van der Waals surface area contributed by atoms with Crippen LogP contribution < -0.4 is 10.6 Å². The van der Waals surface area contributed by atoms with Crippen LogP contribution >= 0.6 is 15.9 Å². The van der Waals surface area contributed by atoms with Gasteiger partial charge in [-0.15, -0.1) is 0 Å². The predicted octanol–water partition coefficient (Wildman–Crippen LogP) is 3.80. The highest BCUT2D eigenvalue weighted by atomic mass is 79.9. The van der Waals surface area contributed by atoms with Gasteiger partial charge in [0.25, 0.3) is 0 Å². The number of nitrogens with two attached hydrogens (primary N) is 1. The zero-order chi connectivity index (χ0) is 11.5. The molecule has 1 aromatic carbocycles. The predicted molar refractivity (Wildman–Crippen MR) is 73.8 cm³/mol. The van der Waals surface area contributed by atoms with E-state index in [2.05, 4.69) is 39.9 Å². The van der Waals surface area contributed by atoms with Crippen LogP contribution in [-0.4, -0.2) is 12.6 Å². The summed E-state index contributed by atoms with van der Waals surface area (Å²) in [6.07, 6.45) is 5.14. The lowest BCUT2D eigenvalue weighted by Gasteiger charge is -2.37. The van der Waals surface area contributed by atoms with Crippen molar-refractivity contribution in [2.24, 2.45) is 0 Å². The van der Waals surface area contributed by atoms with Gasteiger partial charge in [-0.2, -0.15) is 0 Å². The lowest BCUT2D eigenvalue weighted by Crippen LogP contribution is -2.39. The van der Waals surface area contributed by atoms with E-state index in [1.165, 1.54) is 31.4 Å². The fourth-order valence-electron chi connectivity index (χ4n) is 2.53. The molecule has 0 saturated carbocycles. The van der Waals surface area contributed by atoms with E-state index in [0.717, 1.165) is 16.7 Å². The molecular formula is C13H19BrN2. The maximum atomic E-state index is 6.10. The van der Waals surface area contributed by atoms with Crippen molar-refractivity contribution >= 4 is 27.3 Å². The highest BCUT2D eigenvalue weighted by Crippen LogP contribution is 2.32. The second-order valence-corrected chi connectivity index (χ2v) is 5.37. The second-order valence-electron chi connectivity index (χ2n) is 4.45. The maximum absolute atomic E-state index is 6.10. The largest absolute Gasteiger partial charge is 0.397 e. The molecule has 1 fully saturated rings. The van der Waals surface area contributed by atoms with E-state index in [0.29, 0.717) is 6.04 Å². The molecule has 2 rings (SSSR count). The third-order valence-electron chi connectivity index (χ3n) is 3.40. The van der Waals surface area contributed by atoms with Gasteiger partial charge in [0.15, 0.2) is 0 Å². The number of hydrogen-bond acceptors (Lipinski definition) is 2. The van der Waals surface area contributed by atoms with Gasteiger partial charge >= 0.3 is 0 Å². The summed E-state index contributed by atoms with van der Waals surface area (Å²) in [6.45, 7) is 3.41. The van der Waals surface area contributed by atoms with Crippen molar-refractivity contribution in [3.63, 3.8) is 0 Å². The van der Waals surface area contributed by atoms with Crippen LogP contribution in [0.25, 0.3) is 0 Å². The summed E-state index contributed by atoms with van der Waals surface area (Å²) >= 11 is 3.45. The number of benzene rings is 1. The van der Waals surface area contributed by atoms with Gasteiger partial charge in [0.2, 0.25) is 0 Å². The molecule has 1 aliphatic rings. The monoisotopic (exact) mass is 282 g/mol. The molecule has 0 spiro atoms. The van der Waals surface area contributed by atoms with E-state index in [9.17, 15) is 0 Å². The molecule has 1 heterocycles. The molecule has 0 bridgehead atoms. The molecule has 0 amide bonds. The average molecular weight is 283 g/mol. The van der Waals surface area contributed by atoms with Crippen LogP contribution in [0.2, 0.25) is 0 Å². The number of piperidine rings is 1. The zero-order valence-electron chi connectivity index (χ0n) is 9.75. The smallest absolute Gasteiger partial charge is 0.0603 e. The molecule has 0 aromatic heterocycles. The van der Waals surface area contributed by atoms with E-state index in [1.807, 2.05) is 6.07 Å². The van der Waals surface area contributed by atoms with Gasteiger partial charge in [-0.1, -0.05) is 22.9 Å². The Labute approximate surface area is 106 Å². The number of hydrogen-bond donors (Lipinski definition) is 1. The highest BCUT2D eigenvalue weighted by molar-refractivity contribution is 9.10. The molecule has 88 valence electrons. The topological polar surface area (TPSA) is 29.3 Å². The normalized spacial score (nSPS) is 21.1. The molecule has 3 heteroatoms. The van der Waals surface area contributed by atoms with E-state index in [1.54, 1.807) is 0 Å². The van der Waals surface area contributed by atoms with Crippen molar-refractivity contribution < 1.29 is 0 Å². The maximum Gasteiger partial charge on any atom is 0.0603 e. The summed E-state index contributed by atoms with van der Waals surface area (Å²) in [6, 6.07) is 6.87. The molecule has 0 aliphatic carbocycles. The Morgan fingerprint density at radius 3 is 2.94 bits per heavy atom. The SMILES string of the molecule is CC[C@@H]1CCCCN1c1ccc(Br)cc1N. The number of nitrogens with zero attached hydrogens (tertiary/aromatic N) is 1. The Hall–Kier alpha value is -0.700. The van der Waals surface area contributed by atoms with E-state index < -0.39 is 0 Å². The highest BCUT2D eigenvalue weighted by Gasteiger charge is 2.22. The van der Waals surface area contributed by atoms with Gasteiger partial charge in [-0.3, -0.25) is 0 Å². The van der Waals surface area contributed by atoms with E-state index in [4.69, 9.17) is 5.73 Å². The van der Waals surface area contributed by atoms with Crippen LogP contribution in [0.3, 0.4) is 0 Å². The van der Waals surface area contributed by atoms with Gasteiger partial charge in [-0.05, 0) is 43.9 Å². The fourth-order valence-corrected chi connectivity index (χ4v) is 2.91. The Morgan fingerprint density at radius 1 is 1.44 bits per heavy atom. The molecular weight excluding hydrogens is 264 g/mol. The minimum atomic E-state index is 0.664. The zero-order valence-corrected chi connectivity index (χ0v) is 11.3. The van der Waals surface area contributed by atoms with E-state index in [-0.39, 0.29) is 0 Å². The number of nitrogen functional groups attached to an aromatic ring is 1. The molecule has 0 unspecified atom stereocenters. The van der Waals surface area contributed by atoms with Crippen molar-refractivity contribution in [1.82, 2.24) is 0 Å². The summed E-state index contributed by atoms with van der Waals surface area (Å²) in [5, 5.41) is 0. The molecule has 1 saturated heterocycles. The molecule has 16 heavy (non-hydrogen) atoms. The lowest BCUT2D eigenvalue weighted by molar-refractivity contribution is 0.450. The molecule has 1 aromatic rings. The third-order valence-corrected chi connectivity index (χ3v) is 3.89. The second kappa shape index (κ2) is 5.09. The Balaban J connectivity index is 2.27.